The minimum atomic E-state index is 0.465. The van der Waals surface area contributed by atoms with Gasteiger partial charge in [-0.2, -0.15) is 5.10 Å². The zero-order valence-electron chi connectivity index (χ0n) is 18.0. The number of hydrogen-bond donors (Lipinski definition) is 2. The summed E-state index contributed by atoms with van der Waals surface area (Å²) in [6.07, 6.45) is 6.46. The van der Waals surface area contributed by atoms with Crippen LogP contribution in [0.4, 0.5) is 0 Å². The van der Waals surface area contributed by atoms with Crippen LogP contribution in [0.1, 0.15) is 24.5 Å². The zero-order valence-corrected chi connectivity index (χ0v) is 18.0. The van der Waals surface area contributed by atoms with Gasteiger partial charge in [-0.3, -0.25) is 9.89 Å². The Morgan fingerprint density at radius 1 is 1.10 bits per heavy atom. The number of nitrogens with zero attached hydrogens (tertiary/aromatic N) is 5. The molecule has 0 amide bonds. The fourth-order valence-corrected chi connectivity index (χ4v) is 3.15. The average Bonchev–Trinajstić information content (AvgIpc) is 3.32. The molecule has 3 rings (SSSR count). The van der Waals surface area contributed by atoms with Gasteiger partial charge in [0.2, 0.25) is 0 Å². The van der Waals surface area contributed by atoms with Crippen molar-refractivity contribution in [3.05, 3.63) is 78.2 Å². The van der Waals surface area contributed by atoms with E-state index in [0.29, 0.717) is 12.6 Å². The molecule has 2 heterocycles. The van der Waals surface area contributed by atoms with E-state index in [2.05, 4.69) is 74.9 Å². The third-order valence-electron chi connectivity index (χ3n) is 5.11. The van der Waals surface area contributed by atoms with Gasteiger partial charge in [-0.1, -0.05) is 30.3 Å². The molecule has 7 nitrogen and oxygen atoms in total. The monoisotopic (exact) mass is 405 g/mol. The van der Waals surface area contributed by atoms with Gasteiger partial charge in [-0.15, -0.1) is 0 Å². The van der Waals surface area contributed by atoms with E-state index in [1.54, 1.807) is 24.1 Å². The molecule has 30 heavy (non-hydrogen) atoms. The summed E-state index contributed by atoms with van der Waals surface area (Å²) in [7, 11) is 3.97. The van der Waals surface area contributed by atoms with E-state index in [4.69, 9.17) is 0 Å². The summed E-state index contributed by atoms with van der Waals surface area (Å²) in [6, 6.07) is 16.9. The summed E-state index contributed by atoms with van der Waals surface area (Å²) in [5.41, 5.74) is 2.46. The van der Waals surface area contributed by atoms with Crippen molar-refractivity contribution < 1.29 is 0 Å². The van der Waals surface area contributed by atoms with E-state index in [1.165, 1.54) is 5.56 Å². The van der Waals surface area contributed by atoms with Gasteiger partial charge in [0.05, 0.1) is 0 Å². The van der Waals surface area contributed by atoms with Crippen molar-refractivity contribution in [3.8, 4) is 5.82 Å². The number of guanidine groups is 1. The van der Waals surface area contributed by atoms with Crippen molar-refractivity contribution in [3.63, 3.8) is 0 Å². The largest absolute Gasteiger partial charge is 0.356 e. The van der Waals surface area contributed by atoms with Crippen molar-refractivity contribution in [1.29, 1.82) is 0 Å². The van der Waals surface area contributed by atoms with E-state index in [9.17, 15) is 0 Å². The zero-order chi connectivity index (χ0) is 21.2. The van der Waals surface area contributed by atoms with E-state index in [1.807, 2.05) is 24.4 Å². The molecule has 2 N–H and O–H groups in total. The average molecular weight is 406 g/mol. The van der Waals surface area contributed by atoms with Crippen LogP contribution in [0.15, 0.2) is 72.1 Å². The highest BCUT2D eigenvalue weighted by Gasteiger charge is 2.10. The van der Waals surface area contributed by atoms with Crippen LogP contribution in [-0.4, -0.2) is 52.3 Å². The van der Waals surface area contributed by atoms with Crippen molar-refractivity contribution in [2.45, 2.75) is 32.5 Å². The number of hydrogen-bond acceptors (Lipinski definition) is 4. The molecular formula is C23H31N7. The Morgan fingerprint density at radius 3 is 2.67 bits per heavy atom. The molecule has 0 saturated carbocycles. The summed E-state index contributed by atoms with van der Waals surface area (Å²) in [6.45, 7) is 4.74. The van der Waals surface area contributed by atoms with Crippen LogP contribution in [0, 0.1) is 0 Å². The highest BCUT2D eigenvalue weighted by molar-refractivity contribution is 5.79. The first-order valence-corrected chi connectivity index (χ1v) is 10.3. The summed E-state index contributed by atoms with van der Waals surface area (Å²) in [5, 5.41) is 11.0. The lowest BCUT2D eigenvalue weighted by Crippen LogP contribution is -2.39. The Labute approximate surface area is 178 Å². The minimum Gasteiger partial charge on any atom is -0.356 e. The molecule has 1 atom stereocenters. The first-order chi connectivity index (χ1) is 14.7. The lowest BCUT2D eigenvalue weighted by atomic mass is 10.1. The van der Waals surface area contributed by atoms with Crippen molar-refractivity contribution in [2.24, 2.45) is 4.99 Å². The Bertz CT molecular complexity index is 906. The molecule has 0 saturated heterocycles. The van der Waals surface area contributed by atoms with Crippen LogP contribution in [0.25, 0.3) is 5.82 Å². The van der Waals surface area contributed by atoms with Gasteiger partial charge in [-0.25, -0.2) is 9.67 Å². The van der Waals surface area contributed by atoms with E-state index in [0.717, 1.165) is 36.9 Å². The lowest BCUT2D eigenvalue weighted by Gasteiger charge is -2.25. The molecule has 0 radical (unpaired) electrons. The first-order valence-electron chi connectivity index (χ1n) is 10.3. The predicted molar refractivity (Wildman–Crippen MR) is 122 cm³/mol. The third kappa shape index (κ3) is 6.42. The van der Waals surface area contributed by atoms with Gasteiger partial charge in [-0.05, 0) is 49.7 Å². The minimum absolute atomic E-state index is 0.465. The Hall–Kier alpha value is -3.19. The smallest absolute Gasteiger partial charge is 0.191 e. The quantitative estimate of drug-likeness (QED) is 0.423. The second-order valence-corrected chi connectivity index (χ2v) is 7.36. The fraction of sp³-hybridized carbons (Fsp3) is 0.348. The molecule has 0 spiro atoms. The Morgan fingerprint density at radius 2 is 1.93 bits per heavy atom. The van der Waals surface area contributed by atoms with Crippen LogP contribution >= 0.6 is 0 Å². The van der Waals surface area contributed by atoms with Gasteiger partial charge in [0.15, 0.2) is 11.8 Å². The molecule has 0 aliphatic heterocycles. The number of rotatable bonds is 9. The van der Waals surface area contributed by atoms with Crippen molar-refractivity contribution in [1.82, 2.24) is 30.3 Å². The van der Waals surface area contributed by atoms with E-state index < -0.39 is 0 Å². The molecule has 158 valence electrons. The first kappa shape index (κ1) is 21.5. The van der Waals surface area contributed by atoms with E-state index >= 15 is 0 Å². The summed E-state index contributed by atoms with van der Waals surface area (Å²) < 4.78 is 1.75. The molecule has 0 aliphatic rings. The normalized spacial score (nSPS) is 12.7. The van der Waals surface area contributed by atoms with Gasteiger partial charge in [0.1, 0.15) is 0 Å². The molecule has 2 aromatic heterocycles. The Balaban J connectivity index is 1.42. The molecule has 3 aromatic rings. The highest BCUT2D eigenvalue weighted by Crippen LogP contribution is 2.08. The SMILES string of the molecule is CN=C(NCCC(C)N(C)Cc1ccccc1)NCc1ccnc(-n2cccn2)c1. The number of nitrogens with one attached hydrogen (secondary N) is 2. The van der Waals surface area contributed by atoms with E-state index in [-0.39, 0.29) is 0 Å². The number of benzene rings is 1. The maximum absolute atomic E-state index is 4.37. The van der Waals surface area contributed by atoms with Crippen LogP contribution in [0.3, 0.4) is 0 Å². The highest BCUT2D eigenvalue weighted by atomic mass is 15.3. The maximum Gasteiger partial charge on any atom is 0.191 e. The van der Waals surface area contributed by atoms with Gasteiger partial charge >= 0.3 is 0 Å². The van der Waals surface area contributed by atoms with Gasteiger partial charge in [0, 0.05) is 51.3 Å². The summed E-state index contributed by atoms with van der Waals surface area (Å²) in [4.78, 5) is 11.1. The van der Waals surface area contributed by atoms with Crippen LogP contribution in [0.5, 0.6) is 0 Å². The molecule has 0 bridgehead atoms. The van der Waals surface area contributed by atoms with Crippen LogP contribution in [0.2, 0.25) is 0 Å². The summed E-state index contributed by atoms with van der Waals surface area (Å²) in [5.74, 6) is 1.60. The second kappa shape index (κ2) is 11.1. The summed E-state index contributed by atoms with van der Waals surface area (Å²) >= 11 is 0. The maximum atomic E-state index is 4.37. The fourth-order valence-electron chi connectivity index (χ4n) is 3.15. The molecule has 7 heteroatoms. The van der Waals surface area contributed by atoms with Crippen LogP contribution < -0.4 is 10.6 Å². The lowest BCUT2D eigenvalue weighted by molar-refractivity contribution is 0.238. The number of pyridine rings is 1. The standard InChI is InChI=1S/C23H31N7/c1-19(29(3)18-20-8-5-4-6-9-20)10-13-26-23(24-2)27-17-21-11-14-25-22(16-21)30-15-7-12-28-30/h4-9,11-12,14-16,19H,10,13,17-18H2,1-3H3,(H2,24,26,27). The Kier molecular flexibility index (Phi) is 7.97. The number of aromatic nitrogens is 3. The predicted octanol–water partition coefficient (Wildman–Crippen LogP) is 2.84. The third-order valence-corrected chi connectivity index (χ3v) is 5.11. The molecule has 0 fully saturated rings. The van der Waals surface area contributed by atoms with Crippen molar-refractivity contribution in [2.75, 3.05) is 20.6 Å². The molecule has 0 aliphatic carbocycles. The second-order valence-electron chi connectivity index (χ2n) is 7.36. The van der Waals surface area contributed by atoms with Crippen molar-refractivity contribution >= 4 is 5.96 Å². The van der Waals surface area contributed by atoms with Gasteiger partial charge in [0.25, 0.3) is 0 Å². The molecular weight excluding hydrogens is 374 g/mol. The molecule has 1 aromatic carbocycles. The molecule has 1 unspecified atom stereocenters. The van der Waals surface area contributed by atoms with Crippen LogP contribution in [-0.2, 0) is 13.1 Å². The number of aliphatic imine (C=N–C) groups is 1. The van der Waals surface area contributed by atoms with Gasteiger partial charge < -0.3 is 10.6 Å². The topological polar surface area (TPSA) is 70.4 Å².